The molecule has 1 aromatic carbocycles. The first-order chi connectivity index (χ1) is 13.7. The van der Waals surface area contributed by atoms with Gasteiger partial charge < -0.3 is 9.47 Å². The van der Waals surface area contributed by atoms with Gasteiger partial charge >= 0.3 is 6.09 Å². The molecular weight excluding hydrogens is 356 g/mol. The van der Waals surface area contributed by atoms with Gasteiger partial charge in [0.1, 0.15) is 6.61 Å². The van der Waals surface area contributed by atoms with E-state index in [0.29, 0.717) is 35.7 Å². The first-order valence-electron chi connectivity index (χ1n) is 9.44. The molecule has 1 aliphatic heterocycles. The predicted molar refractivity (Wildman–Crippen MR) is 107 cm³/mol. The number of Topliss-reactive ketones (excluding diaryl/α,β-unsaturated/α-hetero) is 1. The summed E-state index contributed by atoms with van der Waals surface area (Å²) >= 11 is 0. The van der Waals surface area contributed by atoms with Crippen molar-refractivity contribution >= 4 is 23.1 Å². The van der Waals surface area contributed by atoms with Crippen molar-refractivity contribution in [3.63, 3.8) is 0 Å². The number of carbonyl (C=O) groups excluding carboxylic acids is 2. The Morgan fingerprint density at radius 1 is 1.21 bits per heavy atom. The average Bonchev–Trinajstić information content (AvgIpc) is 3.16. The number of carbonyl (C=O) groups is 2. The fraction of sp³-hybridized carbons (Fsp3) is 0.318. The highest BCUT2D eigenvalue weighted by Crippen LogP contribution is 2.36. The van der Waals surface area contributed by atoms with Crippen molar-refractivity contribution in [2.24, 2.45) is 0 Å². The van der Waals surface area contributed by atoms with E-state index in [9.17, 15) is 9.59 Å². The second kappa shape index (κ2) is 9.17. The molecule has 0 spiro atoms. The summed E-state index contributed by atoms with van der Waals surface area (Å²) in [7, 11) is 1.52. The van der Waals surface area contributed by atoms with Crippen LogP contribution in [0.15, 0.2) is 48.7 Å². The molecule has 146 valence electrons. The number of hydrogen-bond donors (Lipinski definition) is 0. The highest BCUT2D eigenvalue weighted by Gasteiger charge is 2.33. The van der Waals surface area contributed by atoms with Crippen molar-refractivity contribution in [3.8, 4) is 5.88 Å². The van der Waals surface area contributed by atoms with Gasteiger partial charge in [-0.05, 0) is 24.1 Å². The molecule has 0 atom stereocenters. The van der Waals surface area contributed by atoms with Crippen molar-refractivity contribution in [1.82, 2.24) is 9.88 Å². The molecule has 6 heteroatoms. The number of rotatable bonds is 8. The Labute approximate surface area is 164 Å². The Morgan fingerprint density at radius 3 is 2.64 bits per heavy atom. The van der Waals surface area contributed by atoms with Gasteiger partial charge in [0.05, 0.1) is 24.9 Å². The number of unbranched alkanes of at least 4 members (excludes halogenated alkanes) is 1. The van der Waals surface area contributed by atoms with E-state index < -0.39 is 6.09 Å². The number of benzene rings is 1. The highest BCUT2D eigenvalue weighted by atomic mass is 16.6. The summed E-state index contributed by atoms with van der Waals surface area (Å²) < 4.78 is 10.6. The summed E-state index contributed by atoms with van der Waals surface area (Å²) in [6, 6.07) is 13.0. The fourth-order valence-corrected chi connectivity index (χ4v) is 3.24. The van der Waals surface area contributed by atoms with Gasteiger partial charge in [0.2, 0.25) is 5.88 Å². The Morgan fingerprint density at radius 2 is 2.00 bits per heavy atom. The van der Waals surface area contributed by atoms with Gasteiger partial charge in [-0.15, -0.1) is 0 Å². The normalized spacial score (nSPS) is 14.5. The SMILES string of the molecule is CCCCC(=O)/C(=C(\c1cccnc1OC)N1CCOC1=O)c1ccccc1. The lowest BCUT2D eigenvalue weighted by Gasteiger charge is -2.23. The molecule has 0 bridgehead atoms. The zero-order chi connectivity index (χ0) is 19.9. The Balaban J connectivity index is 2.29. The third-order valence-corrected chi connectivity index (χ3v) is 4.59. The Kier molecular flexibility index (Phi) is 6.42. The van der Waals surface area contributed by atoms with E-state index in [2.05, 4.69) is 4.98 Å². The second-order valence-corrected chi connectivity index (χ2v) is 6.44. The quantitative estimate of drug-likeness (QED) is 0.643. The lowest BCUT2D eigenvalue weighted by atomic mass is 9.93. The van der Waals surface area contributed by atoms with Crippen molar-refractivity contribution < 1.29 is 19.1 Å². The van der Waals surface area contributed by atoms with E-state index >= 15 is 0 Å². The molecule has 3 rings (SSSR count). The summed E-state index contributed by atoms with van der Waals surface area (Å²) in [4.78, 5) is 31.5. The van der Waals surface area contributed by atoms with E-state index in [1.807, 2.05) is 43.3 Å². The van der Waals surface area contributed by atoms with Gasteiger partial charge in [0.25, 0.3) is 0 Å². The molecule has 0 N–H and O–H groups in total. The van der Waals surface area contributed by atoms with Gasteiger partial charge in [-0.1, -0.05) is 43.7 Å². The minimum Gasteiger partial charge on any atom is -0.481 e. The van der Waals surface area contributed by atoms with E-state index in [0.717, 1.165) is 18.4 Å². The monoisotopic (exact) mass is 380 g/mol. The van der Waals surface area contributed by atoms with Gasteiger partial charge in [-0.3, -0.25) is 9.69 Å². The van der Waals surface area contributed by atoms with E-state index in [1.165, 1.54) is 12.0 Å². The number of pyridine rings is 1. The van der Waals surface area contributed by atoms with Gasteiger partial charge in [-0.2, -0.15) is 0 Å². The zero-order valence-electron chi connectivity index (χ0n) is 16.2. The smallest absolute Gasteiger partial charge is 0.414 e. The summed E-state index contributed by atoms with van der Waals surface area (Å²) in [6.07, 6.45) is 3.22. The third-order valence-electron chi connectivity index (χ3n) is 4.59. The molecule has 2 aromatic rings. The highest BCUT2D eigenvalue weighted by molar-refractivity contribution is 6.28. The molecular formula is C22H24N2O4. The van der Waals surface area contributed by atoms with Crippen molar-refractivity contribution in [1.29, 1.82) is 0 Å². The van der Waals surface area contributed by atoms with Crippen molar-refractivity contribution in [2.45, 2.75) is 26.2 Å². The number of aromatic nitrogens is 1. The molecule has 0 saturated carbocycles. The number of amides is 1. The maximum atomic E-state index is 13.3. The summed E-state index contributed by atoms with van der Waals surface area (Å²) in [5.74, 6) is 0.336. The van der Waals surface area contributed by atoms with Crippen LogP contribution in [0.4, 0.5) is 4.79 Å². The van der Waals surface area contributed by atoms with Crippen LogP contribution in [0, 0.1) is 0 Å². The second-order valence-electron chi connectivity index (χ2n) is 6.44. The van der Waals surface area contributed by atoms with Crippen LogP contribution < -0.4 is 4.74 Å². The number of cyclic esters (lactones) is 1. The molecule has 6 nitrogen and oxygen atoms in total. The van der Waals surface area contributed by atoms with Crippen LogP contribution in [0.5, 0.6) is 5.88 Å². The number of allylic oxidation sites excluding steroid dienone is 1. The van der Waals surface area contributed by atoms with Crippen LogP contribution in [0.1, 0.15) is 37.3 Å². The molecule has 1 aliphatic rings. The van der Waals surface area contributed by atoms with Crippen molar-refractivity contribution in [3.05, 3.63) is 59.8 Å². The average molecular weight is 380 g/mol. The van der Waals surface area contributed by atoms with Crippen LogP contribution in [-0.2, 0) is 9.53 Å². The number of methoxy groups -OCH3 is 1. The molecule has 28 heavy (non-hydrogen) atoms. The number of ketones is 1. The van der Waals surface area contributed by atoms with Crippen LogP contribution in [0.25, 0.3) is 11.3 Å². The van der Waals surface area contributed by atoms with Gasteiger partial charge in [-0.25, -0.2) is 9.78 Å². The van der Waals surface area contributed by atoms with Gasteiger partial charge in [0.15, 0.2) is 5.78 Å². The molecule has 1 aromatic heterocycles. The topological polar surface area (TPSA) is 68.7 Å². The standard InChI is InChI=1S/C22H24N2O4/c1-3-4-12-18(25)19(16-9-6-5-7-10-16)20(24-14-15-28-22(24)26)17-11-8-13-23-21(17)27-2/h5-11,13H,3-4,12,14-15H2,1-2H3/b20-19+. The molecule has 1 fully saturated rings. The third kappa shape index (κ3) is 4.06. The fourth-order valence-electron chi connectivity index (χ4n) is 3.24. The van der Waals surface area contributed by atoms with Crippen LogP contribution in [-0.4, -0.2) is 42.0 Å². The summed E-state index contributed by atoms with van der Waals surface area (Å²) in [5.41, 5.74) is 2.32. The summed E-state index contributed by atoms with van der Waals surface area (Å²) in [5, 5.41) is 0. The zero-order valence-corrected chi connectivity index (χ0v) is 16.2. The number of nitrogens with zero attached hydrogens (tertiary/aromatic N) is 2. The van der Waals surface area contributed by atoms with Crippen LogP contribution >= 0.6 is 0 Å². The predicted octanol–water partition coefficient (Wildman–Crippen LogP) is 4.17. The Bertz CT molecular complexity index is 877. The molecule has 0 aliphatic carbocycles. The maximum absolute atomic E-state index is 13.3. The molecule has 1 saturated heterocycles. The molecule has 1 amide bonds. The van der Waals surface area contributed by atoms with Crippen LogP contribution in [0.3, 0.4) is 0 Å². The maximum Gasteiger partial charge on any atom is 0.414 e. The minimum absolute atomic E-state index is 0.0198. The van der Waals surface area contributed by atoms with E-state index in [4.69, 9.17) is 9.47 Å². The minimum atomic E-state index is -0.474. The van der Waals surface area contributed by atoms with Crippen molar-refractivity contribution in [2.75, 3.05) is 20.3 Å². The number of ether oxygens (including phenoxy) is 2. The van der Waals surface area contributed by atoms with E-state index in [-0.39, 0.29) is 12.4 Å². The Hall–Kier alpha value is -3.15. The molecule has 0 unspecified atom stereocenters. The summed E-state index contributed by atoms with van der Waals surface area (Å²) in [6.45, 7) is 2.68. The first kappa shape index (κ1) is 19.6. The largest absolute Gasteiger partial charge is 0.481 e. The number of hydrogen-bond acceptors (Lipinski definition) is 5. The molecule has 2 heterocycles. The first-order valence-corrected chi connectivity index (χ1v) is 9.44. The lowest BCUT2D eigenvalue weighted by Crippen LogP contribution is -2.26. The molecule has 0 radical (unpaired) electrons. The van der Waals surface area contributed by atoms with E-state index in [1.54, 1.807) is 12.3 Å². The van der Waals surface area contributed by atoms with Gasteiger partial charge in [0, 0.05) is 18.2 Å². The van der Waals surface area contributed by atoms with Crippen LogP contribution in [0.2, 0.25) is 0 Å². The lowest BCUT2D eigenvalue weighted by molar-refractivity contribution is -0.113.